The zero-order valence-electron chi connectivity index (χ0n) is 6.06. The summed E-state index contributed by atoms with van der Waals surface area (Å²) in [4.78, 5) is 8.57. The molecule has 0 N–H and O–H groups in total. The van der Waals surface area contributed by atoms with Gasteiger partial charge in [-0.1, -0.05) is 6.92 Å². The first-order valence-electron chi connectivity index (χ1n) is 2.79. The van der Waals surface area contributed by atoms with Crippen LogP contribution in [0.3, 0.4) is 0 Å². The predicted octanol–water partition coefficient (Wildman–Crippen LogP) is 1.85. The van der Waals surface area contributed by atoms with Crippen molar-refractivity contribution in [3.05, 3.63) is 0 Å². The molecule has 56 valence electrons. The third-order valence-electron chi connectivity index (χ3n) is 0.977. The second-order valence-electron chi connectivity index (χ2n) is 1.54. The van der Waals surface area contributed by atoms with Crippen molar-refractivity contribution >= 4 is 17.3 Å². The summed E-state index contributed by atoms with van der Waals surface area (Å²) in [6.07, 6.45) is 1.54. The molecule has 0 bridgehead atoms. The number of carbonyl (C=O) groups is 1. The van der Waals surface area contributed by atoms with Gasteiger partial charge in [0.1, 0.15) is 0 Å². The van der Waals surface area contributed by atoms with Crippen molar-refractivity contribution in [3.63, 3.8) is 0 Å². The number of rotatable bonds is 2. The SMILES string of the molecule is CCC(C)OC.O=CCl. The molecule has 0 spiro atoms. The highest BCUT2D eigenvalue weighted by Crippen LogP contribution is 1.89. The van der Waals surface area contributed by atoms with Gasteiger partial charge in [0.25, 0.3) is 0 Å². The molecule has 2 nitrogen and oxygen atoms in total. The lowest BCUT2D eigenvalue weighted by Gasteiger charge is -2.01. The summed E-state index contributed by atoms with van der Waals surface area (Å²) in [5.74, 6) is 0.222. The summed E-state index contributed by atoms with van der Waals surface area (Å²) in [5.41, 5.74) is 0. The molecule has 0 saturated carbocycles. The van der Waals surface area contributed by atoms with Crippen molar-refractivity contribution in [3.8, 4) is 0 Å². The Hall–Kier alpha value is -0.0800. The Kier molecular flexibility index (Phi) is 14.0. The van der Waals surface area contributed by atoms with Crippen LogP contribution in [0.5, 0.6) is 0 Å². The van der Waals surface area contributed by atoms with Gasteiger partial charge in [0.2, 0.25) is 5.75 Å². The van der Waals surface area contributed by atoms with Crippen molar-refractivity contribution in [2.24, 2.45) is 0 Å². The largest absolute Gasteiger partial charge is 0.382 e. The van der Waals surface area contributed by atoms with Crippen LogP contribution in [-0.4, -0.2) is 19.0 Å². The molecule has 3 heteroatoms. The molecule has 0 aliphatic rings. The molecule has 0 aliphatic carbocycles. The zero-order chi connectivity index (χ0) is 7.70. The van der Waals surface area contributed by atoms with Crippen LogP contribution in [0.4, 0.5) is 0 Å². The number of hydrogen-bond donors (Lipinski definition) is 0. The molecule has 0 fully saturated rings. The molecule has 0 heterocycles. The summed E-state index contributed by atoms with van der Waals surface area (Å²) in [6, 6.07) is 0. The fraction of sp³-hybridized carbons (Fsp3) is 0.833. The molecular formula is C6H13ClO2. The number of ether oxygens (including phenoxy) is 1. The summed E-state index contributed by atoms with van der Waals surface area (Å²) >= 11 is 4.32. The van der Waals surface area contributed by atoms with Crippen LogP contribution in [-0.2, 0) is 9.53 Å². The van der Waals surface area contributed by atoms with Gasteiger partial charge in [-0.15, -0.1) is 0 Å². The highest BCUT2D eigenvalue weighted by atomic mass is 35.5. The molecule has 0 rings (SSSR count). The maximum Gasteiger partial charge on any atom is 0.208 e. The van der Waals surface area contributed by atoms with Gasteiger partial charge in [-0.25, -0.2) is 0 Å². The minimum Gasteiger partial charge on any atom is -0.382 e. The molecule has 9 heavy (non-hydrogen) atoms. The number of halogens is 1. The van der Waals surface area contributed by atoms with E-state index in [9.17, 15) is 0 Å². The average molecular weight is 153 g/mol. The maximum atomic E-state index is 8.57. The summed E-state index contributed by atoms with van der Waals surface area (Å²) < 4.78 is 4.90. The minimum absolute atomic E-state index is 0.222. The van der Waals surface area contributed by atoms with E-state index < -0.39 is 0 Å². The van der Waals surface area contributed by atoms with Crippen molar-refractivity contribution in [2.75, 3.05) is 7.11 Å². The lowest BCUT2D eigenvalue weighted by atomic mass is 10.3. The molecule has 0 aromatic heterocycles. The van der Waals surface area contributed by atoms with Crippen LogP contribution < -0.4 is 0 Å². The van der Waals surface area contributed by atoms with E-state index in [0.717, 1.165) is 6.42 Å². The van der Waals surface area contributed by atoms with Gasteiger partial charge in [-0.05, 0) is 24.9 Å². The Balaban J connectivity index is 0. The normalized spacial score (nSPS) is 11.1. The Morgan fingerprint density at radius 3 is 2.11 bits per heavy atom. The van der Waals surface area contributed by atoms with Crippen molar-refractivity contribution in [2.45, 2.75) is 26.4 Å². The molecule has 0 aromatic carbocycles. The monoisotopic (exact) mass is 152 g/mol. The van der Waals surface area contributed by atoms with E-state index in [2.05, 4.69) is 25.4 Å². The van der Waals surface area contributed by atoms with Gasteiger partial charge >= 0.3 is 0 Å². The molecule has 1 atom stereocenters. The van der Waals surface area contributed by atoms with Crippen molar-refractivity contribution in [1.82, 2.24) is 0 Å². The van der Waals surface area contributed by atoms with Crippen LogP contribution in [0, 0.1) is 0 Å². The highest BCUT2D eigenvalue weighted by molar-refractivity contribution is 6.54. The number of carbonyl (C=O) groups excluding carboxylic acids is 1. The lowest BCUT2D eigenvalue weighted by molar-refractivity contribution is 0.115. The first kappa shape index (κ1) is 11.7. The second-order valence-corrected chi connectivity index (χ2v) is 1.72. The van der Waals surface area contributed by atoms with E-state index >= 15 is 0 Å². The van der Waals surface area contributed by atoms with E-state index in [-0.39, 0.29) is 5.75 Å². The van der Waals surface area contributed by atoms with Gasteiger partial charge in [0, 0.05) is 7.11 Å². The highest BCUT2D eigenvalue weighted by Gasteiger charge is 1.88. The van der Waals surface area contributed by atoms with Crippen LogP contribution in [0.1, 0.15) is 20.3 Å². The third-order valence-corrected chi connectivity index (χ3v) is 0.977. The van der Waals surface area contributed by atoms with E-state index in [1.807, 2.05) is 0 Å². The van der Waals surface area contributed by atoms with Crippen molar-refractivity contribution < 1.29 is 9.53 Å². The van der Waals surface area contributed by atoms with Crippen LogP contribution in [0.15, 0.2) is 0 Å². The fourth-order valence-electron chi connectivity index (χ4n) is 0.167. The smallest absolute Gasteiger partial charge is 0.208 e. The average Bonchev–Trinajstić information content (AvgIpc) is 1.88. The van der Waals surface area contributed by atoms with Gasteiger partial charge in [-0.3, -0.25) is 4.79 Å². The molecule has 0 saturated heterocycles. The van der Waals surface area contributed by atoms with E-state index in [1.54, 1.807) is 7.11 Å². The minimum atomic E-state index is 0.222. The Labute approximate surface area is 61.1 Å². The van der Waals surface area contributed by atoms with E-state index in [4.69, 9.17) is 9.53 Å². The van der Waals surface area contributed by atoms with Crippen molar-refractivity contribution in [1.29, 1.82) is 0 Å². The second kappa shape index (κ2) is 10.8. The van der Waals surface area contributed by atoms with Crippen LogP contribution in [0.2, 0.25) is 0 Å². The maximum absolute atomic E-state index is 8.57. The Bertz CT molecular complexity index is 53.0. The van der Waals surface area contributed by atoms with Gasteiger partial charge in [0.15, 0.2) is 0 Å². The predicted molar refractivity (Wildman–Crippen MR) is 39.4 cm³/mol. The first-order valence-corrected chi connectivity index (χ1v) is 3.23. The topological polar surface area (TPSA) is 26.3 Å². The first-order chi connectivity index (χ1) is 4.22. The lowest BCUT2D eigenvalue weighted by Crippen LogP contribution is -2.00. The molecular weight excluding hydrogens is 140 g/mol. The standard InChI is InChI=1S/C5H12O.CHClO/c1-4-5(2)6-3;2-1-3/h5H,4H2,1-3H3;1H. The third kappa shape index (κ3) is 18.1. The number of hydrogen-bond acceptors (Lipinski definition) is 2. The molecule has 1 unspecified atom stereocenters. The van der Waals surface area contributed by atoms with Gasteiger partial charge in [-0.2, -0.15) is 0 Å². The van der Waals surface area contributed by atoms with E-state index in [1.165, 1.54) is 0 Å². The fourth-order valence-corrected chi connectivity index (χ4v) is 0.167. The van der Waals surface area contributed by atoms with Crippen LogP contribution >= 0.6 is 11.6 Å². The number of methoxy groups -OCH3 is 1. The molecule has 0 aromatic rings. The zero-order valence-corrected chi connectivity index (χ0v) is 6.81. The quantitative estimate of drug-likeness (QED) is 0.446. The summed E-state index contributed by atoms with van der Waals surface area (Å²) in [5, 5.41) is 0. The van der Waals surface area contributed by atoms with E-state index in [0.29, 0.717) is 6.10 Å². The molecule has 0 aliphatic heterocycles. The summed E-state index contributed by atoms with van der Waals surface area (Å²) in [7, 11) is 1.73. The summed E-state index contributed by atoms with van der Waals surface area (Å²) in [6.45, 7) is 4.16. The molecule has 0 amide bonds. The Morgan fingerprint density at radius 2 is 2.11 bits per heavy atom. The molecule has 0 radical (unpaired) electrons. The van der Waals surface area contributed by atoms with Gasteiger partial charge in [0.05, 0.1) is 6.10 Å². The van der Waals surface area contributed by atoms with Crippen LogP contribution in [0.25, 0.3) is 0 Å². The van der Waals surface area contributed by atoms with Gasteiger partial charge < -0.3 is 4.74 Å². The Morgan fingerprint density at radius 1 is 1.78 bits per heavy atom.